The van der Waals surface area contributed by atoms with Gasteiger partial charge in [0.25, 0.3) is 0 Å². The number of nitrogens with zero attached hydrogens (tertiary/aromatic N) is 1. The highest BCUT2D eigenvalue weighted by Crippen LogP contribution is 2.33. The highest BCUT2D eigenvalue weighted by atomic mass is 32.2. The SMILES string of the molecule is CC(C)CN(C[C@H](O)[C@H](Cc1ccc(OCCCC(F)(F)F)cc1)NC(=O)O)S(=O)(=O)c1ccc2c(c1)OCCO2. The van der Waals surface area contributed by atoms with Gasteiger partial charge in [-0.05, 0) is 48.6 Å². The van der Waals surface area contributed by atoms with Gasteiger partial charge in [-0.1, -0.05) is 26.0 Å². The molecule has 0 fully saturated rings. The van der Waals surface area contributed by atoms with Crippen molar-refractivity contribution in [2.45, 2.75) is 56.3 Å². The number of carbonyl (C=O) groups is 1. The number of hydrogen-bond donors (Lipinski definition) is 3. The maximum Gasteiger partial charge on any atom is 0.404 e. The number of amides is 1. The normalized spacial score (nSPS) is 15.0. The van der Waals surface area contributed by atoms with Gasteiger partial charge in [0.05, 0.1) is 23.6 Å². The summed E-state index contributed by atoms with van der Waals surface area (Å²) in [5, 5.41) is 22.7. The number of aliphatic hydroxyl groups is 1. The third-order valence-corrected chi connectivity index (χ3v) is 7.96. The molecule has 0 bridgehead atoms. The molecule has 3 N–H and O–H groups in total. The molecule has 2 aromatic rings. The molecule has 0 aromatic heterocycles. The summed E-state index contributed by atoms with van der Waals surface area (Å²) in [4.78, 5) is 11.5. The number of benzene rings is 2. The minimum Gasteiger partial charge on any atom is -0.494 e. The third-order valence-electron chi connectivity index (χ3n) is 6.14. The first kappa shape index (κ1) is 32.3. The van der Waals surface area contributed by atoms with Crippen LogP contribution in [-0.4, -0.2) is 80.3 Å². The first-order valence-electron chi connectivity index (χ1n) is 13.1. The summed E-state index contributed by atoms with van der Waals surface area (Å²) in [6, 6.07) is 9.45. The fraction of sp³-hybridized carbons (Fsp3) is 0.519. The van der Waals surface area contributed by atoms with Gasteiger partial charge < -0.3 is 29.7 Å². The van der Waals surface area contributed by atoms with Crippen molar-refractivity contribution in [2.75, 3.05) is 32.9 Å². The molecule has 3 rings (SSSR count). The quantitative estimate of drug-likeness (QED) is 0.275. The Morgan fingerprint density at radius 1 is 1.07 bits per heavy atom. The van der Waals surface area contributed by atoms with E-state index in [1.165, 1.54) is 30.3 Å². The number of carboxylic acid groups (broad SMARTS) is 1. The zero-order valence-electron chi connectivity index (χ0n) is 22.8. The van der Waals surface area contributed by atoms with E-state index in [1.807, 2.05) is 13.8 Å². The van der Waals surface area contributed by atoms with Crippen LogP contribution in [0, 0.1) is 5.92 Å². The summed E-state index contributed by atoms with van der Waals surface area (Å²) >= 11 is 0. The molecule has 228 valence electrons. The fourth-order valence-electron chi connectivity index (χ4n) is 4.23. The maximum absolute atomic E-state index is 13.6. The van der Waals surface area contributed by atoms with Gasteiger partial charge >= 0.3 is 12.3 Å². The Morgan fingerprint density at radius 3 is 2.34 bits per heavy atom. The van der Waals surface area contributed by atoms with E-state index < -0.39 is 40.9 Å². The maximum atomic E-state index is 13.6. The molecule has 1 heterocycles. The van der Waals surface area contributed by atoms with Crippen molar-refractivity contribution in [2.24, 2.45) is 5.92 Å². The van der Waals surface area contributed by atoms with E-state index in [2.05, 4.69) is 5.32 Å². The van der Waals surface area contributed by atoms with Crippen LogP contribution >= 0.6 is 0 Å². The molecule has 0 unspecified atom stereocenters. The lowest BCUT2D eigenvalue weighted by molar-refractivity contribution is -0.136. The van der Waals surface area contributed by atoms with E-state index in [-0.39, 0.29) is 50.0 Å². The van der Waals surface area contributed by atoms with Gasteiger partial charge in [-0.3, -0.25) is 0 Å². The lowest BCUT2D eigenvalue weighted by Crippen LogP contribution is -2.50. The highest BCUT2D eigenvalue weighted by Gasteiger charge is 2.32. The summed E-state index contributed by atoms with van der Waals surface area (Å²) in [5.41, 5.74) is 0.593. The van der Waals surface area contributed by atoms with E-state index in [4.69, 9.17) is 14.2 Å². The first-order valence-corrected chi connectivity index (χ1v) is 14.5. The molecule has 10 nitrogen and oxygen atoms in total. The molecular weight excluding hydrogens is 569 g/mol. The van der Waals surface area contributed by atoms with Crippen LogP contribution in [0.3, 0.4) is 0 Å². The number of halogens is 3. The summed E-state index contributed by atoms with van der Waals surface area (Å²) in [6.45, 7) is 3.81. The minimum absolute atomic E-state index is 0.0153. The van der Waals surface area contributed by atoms with Gasteiger partial charge in [0, 0.05) is 25.6 Å². The van der Waals surface area contributed by atoms with Crippen molar-refractivity contribution < 1.29 is 50.8 Å². The lowest BCUT2D eigenvalue weighted by Gasteiger charge is -2.30. The van der Waals surface area contributed by atoms with Crippen LogP contribution in [-0.2, 0) is 16.4 Å². The predicted octanol–water partition coefficient (Wildman–Crippen LogP) is 4.07. The van der Waals surface area contributed by atoms with Crippen molar-refractivity contribution in [1.82, 2.24) is 9.62 Å². The molecular formula is C27H35F3N2O8S. The Kier molecular flexibility index (Phi) is 11.1. The smallest absolute Gasteiger partial charge is 0.404 e. The number of fused-ring (bicyclic) bond motifs is 1. The van der Waals surface area contributed by atoms with Gasteiger partial charge in [-0.15, -0.1) is 0 Å². The molecule has 0 radical (unpaired) electrons. The molecule has 0 saturated carbocycles. The average Bonchev–Trinajstić information content (AvgIpc) is 2.90. The van der Waals surface area contributed by atoms with E-state index in [9.17, 15) is 36.6 Å². The van der Waals surface area contributed by atoms with Gasteiger partial charge in [0.2, 0.25) is 10.0 Å². The summed E-state index contributed by atoms with van der Waals surface area (Å²) in [6.07, 6.45) is -8.21. The third kappa shape index (κ3) is 9.97. The van der Waals surface area contributed by atoms with Gasteiger partial charge in [0.1, 0.15) is 19.0 Å². The van der Waals surface area contributed by atoms with E-state index in [0.717, 1.165) is 4.31 Å². The van der Waals surface area contributed by atoms with Crippen LogP contribution in [0.2, 0.25) is 0 Å². The van der Waals surface area contributed by atoms with E-state index >= 15 is 0 Å². The Balaban J connectivity index is 1.72. The molecule has 0 aliphatic carbocycles. The minimum atomic E-state index is -4.26. The Morgan fingerprint density at radius 2 is 1.73 bits per heavy atom. The standard InChI is InChI=1S/C27H35F3N2O8S/c1-18(2)16-32(41(36,37)21-8-9-24-25(15-21)40-13-12-39-24)17-23(33)22(31-26(34)35)14-19-4-6-20(7-5-19)38-11-3-10-27(28,29)30/h4-9,15,18,22-23,31,33H,3,10-14,16-17H2,1-2H3,(H,34,35)/t22-,23-/m0/s1. The van der Waals surface area contributed by atoms with E-state index in [1.54, 1.807) is 12.1 Å². The highest BCUT2D eigenvalue weighted by molar-refractivity contribution is 7.89. The number of hydrogen-bond acceptors (Lipinski definition) is 7. The molecule has 2 atom stereocenters. The van der Waals surface area contributed by atoms with Crippen LogP contribution < -0.4 is 19.5 Å². The second-order valence-electron chi connectivity index (χ2n) is 10.1. The van der Waals surface area contributed by atoms with Crippen LogP contribution in [0.25, 0.3) is 0 Å². The van der Waals surface area contributed by atoms with E-state index in [0.29, 0.717) is 29.4 Å². The monoisotopic (exact) mass is 604 g/mol. The van der Waals surface area contributed by atoms with Gasteiger partial charge in [0.15, 0.2) is 11.5 Å². The number of rotatable bonds is 14. The second kappa shape index (κ2) is 14.1. The first-order chi connectivity index (χ1) is 19.2. The van der Waals surface area contributed by atoms with Crippen molar-refractivity contribution in [3.8, 4) is 17.2 Å². The van der Waals surface area contributed by atoms with Crippen molar-refractivity contribution in [3.05, 3.63) is 48.0 Å². The second-order valence-corrected chi connectivity index (χ2v) is 12.0. The average molecular weight is 605 g/mol. The predicted molar refractivity (Wildman–Crippen MR) is 143 cm³/mol. The topological polar surface area (TPSA) is 135 Å². The van der Waals surface area contributed by atoms with Crippen molar-refractivity contribution >= 4 is 16.1 Å². The molecule has 0 saturated heterocycles. The summed E-state index contributed by atoms with van der Waals surface area (Å²) < 4.78 is 81.5. The van der Waals surface area contributed by atoms with Crippen molar-refractivity contribution in [3.63, 3.8) is 0 Å². The zero-order chi connectivity index (χ0) is 30.2. The number of nitrogens with one attached hydrogen (secondary N) is 1. The number of aliphatic hydroxyl groups excluding tert-OH is 1. The fourth-order valence-corrected chi connectivity index (χ4v) is 5.86. The largest absolute Gasteiger partial charge is 0.494 e. The summed E-state index contributed by atoms with van der Waals surface area (Å²) in [5.74, 6) is 0.950. The molecule has 0 spiro atoms. The number of alkyl halides is 3. The lowest BCUT2D eigenvalue weighted by atomic mass is 10.0. The van der Waals surface area contributed by atoms with Gasteiger partial charge in [-0.2, -0.15) is 17.5 Å². The number of sulfonamides is 1. The van der Waals surface area contributed by atoms with Crippen molar-refractivity contribution in [1.29, 1.82) is 0 Å². The number of ether oxygens (including phenoxy) is 3. The molecule has 2 aromatic carbocycles. The molecule has 1 aliphatic heterocycles. The Hall–Kier alpha value is -3.23. The molecule has 1 aliphatic rings. The molecule has 41 heavy (non-hydrogen) atoms. The summed E-state index contributed by atoms with van der Waals surface area (Å²) in [7, 11) is -4.11. The zero-order valence-corrected chi connectivity index (χ0v) is 23.6. The van der Waals surface area contributed by atoms with Gasteiger partial charge in [-0.25, -0.2) is 13.2 Å². The Bertz CT molecular complexity index is 1260. The van der Waals surface area contributed by atoms with Crippen LogP contribution in [0.15, 0.2) is 47.4 Å². The van der Waals surface area contributed by atoms with Crippen LogP contribution in [0.5, 0.6) is 17.2 Å². The van der Waals surface area contributed by atoms with Crippen LogP contribution in [0.1, 0.15) is 32.3 Å². The molecule has 14 heteroatoms. The molecule has 1 amide bonds. The van der Waals surface area contributed by atoms with Crippen LogP contribution in [0.4, 0.5) is 18.0 Å². The Labute approximate surface area is 237 Å².